The van der Waals surface area contributed by atoms with Crippen LogP contribution >= 0.6 is 0 Å². The second kappa shape index (κ2) is 9.34. The van der Waals surface area contributed by atoms with Crippen LogP contribution in [0, 0.1) is 0 Å². The highest BCUT2D eigenvalue weighted by Crippen LogP contribution is 2.37. The summed E-state index contributed by atoms with van der Waals surface area (Å²) in [6.07, 6.45) is 1.16. The fourth-order valence-electron chi connectivity index (χ4n) is 3.44. The molecule has 2 aromatic rings. The van der Waals surface area contributed by atoms with Gasteiger partial charge in [0.1, 0.15) is 17.2 Å². The fourth-order valence-corrected chi connectivity index (χ4v) is 5.25. The Bertz CT molecular complexity index is 1100. The summed E-state index contributed by atoms with van der Waals surface area (Å²) >= 11 is 0. The first kappa shape index (κ1) is 22.6. The van der Waals surface area contributed by atoms with Crippen LogP contribution in [-0.4, -0.2) is 38.2 Å². The van der Waals surface area contributed by atoms with E-state index in [4.69, 9.17) is 4.74 Å². The number of aryl methyl sites for hydroxylation is 1. The summed E-state index contributed by atoms with van der Waals surface area (Å²) in [6.45, 7) is 3.47. The van der Waals surface area contributed by atoms with E-state index in [0.717, 1.165) is 12.0 Å². The van der Waals surface area contributed by atoms with Gasteiger partial charge in [-0.15, -0.1) is 0 Å². The summed E-state index contributed by atoms with van der Waals surface area (Å²) < 4.78 is 32.1. The predicted molar refractivity (Wildman–Crippen MR) is 119 cm³/mol. The van der Waals surface area contributed by atoms with Crippen molar-refractivity contribution in [2.45, 2.75) is 33.2 Å². The molecule has 3 rings (SSSR count). The zero-order valence-corrected chi connectivity index (χ0v) is 18.7. The van der Waals surface area contributed by atoms with Crippen LogP contribution in [0.3, 0.4) is 0 Å². The highest BCUT2D eigenvalue weighted by Gasteiger charge is 2.44. The van der Waals surface area contributed by atoms with Crippen molar-refractivity contribution in [2.24, 2.45) is 0 Å². The molecule has 0 atom stereocenters. The summed E-state index contributed by atoms with van der Waals surface area (Å²) in [5.74, 6) is -0.619. The Kier molecular flexibility index (Phi) is 6.80. The van der Waals surface area contributed by atoms with E-state index in [1.54, 1.807) is 31.2 Å². The second-order valence-electron chi connectivity index (χ2n) is 7.15. The molecule has 1 aliphatic rings. The molecule has 0 bridgehead atoms. The van der Waals surface area contributed by atoms with Gasteiger partial charge in [-0.1, -0.05) is 38.1 Å². The molecule has 0 fully saturated rings. The van der Waals surface area contributed by atoms with Gasteiger partial charge in [0.25, 0.3) is 15.9 Å². The van der Waals surface area contributed by atoms with Gasteiger partial charge in [0, 0.05) is 12.1 Å². The summed E-state index contributed by atoms with van der Waals surface area (Å²) in [5.41, 5.74) is 2.65. The van der Waals surface area contributed by atoms with Gasteiger partial charge < -0.3 is 10.1 Å². The maximum atomic E-state index is 13.1. The van der Waals surface area contributed by atoms with Crippen molar-refractivity contribution in [3.05, 3.63) is 70.8 Å². The van der Waals surface area contributed by atoms with E-state index in [1.165, 1.54) is 12.7 Å². The maximum absolute atomic E-state index is 13.1. The van der Waals surface area contributed by atoms with E-state index in [1.807, 2.05) is 24.3 Å². The number of hydrogen-bond donors (Lipinski definition) is 1. The van der Waals surface area contributed by atoms with Crippen LogP contribution in [0.25, 0.3) is 4.91 Å². The highest BCUT2D eigenvalue weighted by molar-refractivity contribution is 7.99. The van der Waals surface area contributed by atoms with Crippen LogP contribution in [0.15, 0.2) is 54.1 Å². The van der Waals surface area contributed by atoms with Gasteiger partial charge in [0.2, 0.25) is 5.91 Å². The maximum Gasteiger partial charge on any atom is 0.268 e. The van der Waals surface area contributed by atoms with Gasteiger partial charge in [-0.2, -0.15) is 0 Å². The van der Waals surface area contributed by atoms with Crippen molar-refractivity contribution < 1.29 is 22.7 Å². The molecule has 0 spiro atoms. The Morgan fingerprint density at radius 1 is 0.968 bits per heavy atom. The molecular formula is C23H26N2O5S. The number of methoxy groups -OCH3 is 1. The first-order chi connectivity index (χ1) is 14.8. The number of amides is 2. The first-order valence-corrected chi connectivity index (χ1v) is 11.5. The Hall–Kier alpha value is -3.13. The molecule has 1 heterocycles. The number of benzene rings is 2. The third-order valence-corrected chi connectivity index (χ3v) is 7.09. The average Bonchev–Trinajstić information content (AvgIpc) is 2.97. The smallest absolute Gasteiger partial charge is 0.268 e. The minimum absolute atomic E-state index is 0.0504. The van der Waals surface area contributed by atoms with E-state index in [9.17, 15) is 18.0 Å². The van der Waals surface area contributed by atoms with E-state index in [0.29, 0.717) is 15.6 Å². The third kappa shape index (κ3) is 4.64. The van der Waals surface area contributed by atoms with Crippen LogP contribution < -0.4 is 10.1 Å². The minimum Gasteiger partial charge on any atom is -0.497 e. The van der Waals surface area contributed by atoms with E-state index < -0.39 is 28.4 Å². The van der Waals surface area contributed by atoms with E-state index in [-0.39, 0.29) is 23.4 Å². The number of carbonyl (C=O) groups excluding carboxylic acids is 2. The average molecular weight is 443 g/mol. The Labute approximate surface area is 182 Å². The van der Waals surface area contributed by atoms with Crippen molar-refractivity contribution in [3.8, 4) is 5.75 Å². The Morgan fingerprint density at radius 2 is 1.58 bits per heavy atom. The van der Waals surface area contributed by atoms with Crippen LogP contribution in [0.1, 0.15) is 37.0 Å². The Morgan fingerprint density at radius 3 is 2.13 bits per heavy atom. The fraction of sp³-hybridized carbons (Fsp3) is 0.304. The SMILES string of the molecule is CCC1=C(c2ccc(OC)cc2)S(=O)(=O)N(CC(=O)NCc2ccc(CC)cc2)C1=O. The van der Waals surface area contributed by atoms with Crippen LogP contribution in [0.4, 0.5) is 0 Å². The van der Waals surface area contributed by atoms with Crippen LogP contribution in [0.2, 0.25) is 0 Å². The van der Waals surface area contributed by atoms with Gasteiger partial charge in [-0.25, -0.2) is 12.7 Å². The van der Waals surface area contributed by atoms with Gasteiger partial charge in [0.05, 0.1) is 7.11 Å². The number of rotatable bonds is 8. The molecule has 0 aliphatic carbocycles. The van der Waals surface area contributed by atoms with Gasteiger partial charge in [-0.05, 0) is 53.8 Å². The lowest BCUT2D eigenvalue weighted by Crippen LogP contribution is -2.41. The molecule has 1 N–H and O–H groups in total. The van der Waals surface area contributed by atoms with Crippen molar-refractivity contribution >= 4 is 26.7 Å². The normalized spacial score (nSPS) is 15.3. The molecule has 2 aromatic carbocycles. The van der Waals surface area contributed by atoms with Crippen LogP contribution in [-0.2, 0) is 32.6 Å². The molecule has 164 valence electrons. The third-order valence-electron chi connectivity index (χ3n) is 5.22. The molecule has 7 nitrogen and oxygen atoms in total. The highest BCUT2D eigenvalue weighted by atomic mass is 32.2. The van der Waals surface area contributed by atoms with E-state index in [2.05, 4.69) is 12.2 Å². The van der Waals surface area contributed by atoms with E-state index >= 15 is 0 Å². The Balaban J connectivity index is 1.76. The number of nitrogens with one attached hydrogen (secondary N) is 1. The molecule has 8 heteroatoms. The van der Waals surface area contributed by atoms with Crippen molar-refractivity contribution in [1.82, 2.24) is 9.62 Å². The largest absolute Gasteiger partial charge is 0.497 e. The zero-order chi connectivity index (χ0) is 22.6. The summed E-state index contributed by atoms with van der Waals surface area (Å²) in [4.78, 5) is 25.2. The minimum atomic E-state index is -4.14. The second-order valence-corrected chi connectivity index (χ2v) is 8.95. The lowest BCUT2D eigenvalue weighted by molar-refractivity contribution is -0.128. The van der Waals surface area contributed by atoms with Gasteiger partial charge in [-0.3, -0.25) is 9.59 Å². The number of sulfonamides is 1. The van der Waals surface area contributed by atoms with Crippen molar-refractivity contribution in [1.29, 1.82) is 0 Å². The molecule has 0 radical (unpaired) electrons. The monoisotopic (exact) mass is 442 g/mol. The van der Waals surface area contributed by atoms with Gasteiger partial charge >= 0.3 is 0 Å². The first-order valence-electron chi connectivity index (χ1n) is 10.1. The number of ether oxygens (including phenoxy) is 1. The lowest BCUT2D eigenvalue weighted by Gasteiger charge is -2.16. The molecule has 0 unspecified atom stereocenters. The number of hydrogen-bond acceptors (Lipinski definition) is 5. The van der Waals surface area contributed by atoms with Crippen LogP contribution in [0.5, 0.6) is 5.75 Å². The zero-order valence-electron chi connectivity index (χ0n) is 17.8. The number of carbonyl (C=O) groups is 2. The lowest BCUT2D eigenvalue weighted by atomic mass is 10.1. The van der Waals surface area contributed by atoms with Crippen molar-refractivity contribution in [2.75, 3.05) is 13.7 Å². The van der Waals surface area contributed by atoms with Crippen molar-refractivity contribution in [3.63, 3.8) is 0 Å². The predicted octanol–water partition coefficient (Wildman–Crippen LogP) is 2.87. The summed E-state index contributed by atoms with van der Waals surface area (Å²) in [7, 11) is -2.62. The molecule has 31 heavy (non-hydrogen) atoms. The molecule has 2 amide bonds. The number of nitrogens with zero attached hydrogens (tertiary/aromatic N) is 1. The molecular weight excluding hydrogens is 416 g/mol. The molecule has 0 saturated heterocycles. The summed E-state index contributed by atoms with van der Waals surface area (Å²) in [6, 6.07) is 14.2. The standard InChI is InChI=1S/C23H26N2O5S/c1-4-16-6-8-17(9-7-16)14-24-21(26)15-25-23(27)20(5-2)22(31(25,28)29)18-10-12-19(30-3)13-11-18/h6-13H,4-5,14-15H2,1-3H3,(H,24,26). The summed E-state index contributed by atoms with van der Waals surface area (Å²) in [5, 5.41) is 2.69. The molecule has 0 saturated carbocycles. The molecule has 0 aromatic heterocycles. The van der Waals surface area contributed by atoms with Gasteiger partial charge in [0.15, 0.2) is 0 Å². The topological polar surface area (TPSA) is 92.8 Å². The molecule has 1 aliphatic heterocycles. The quantitative estimate of drug-likeness (QED) is 0.679.